The minimum absolute atomic E-state index is 0.139. The van der Waals surface area contributed by atoms with Crippen LogP contribution in [0.4, 0.5) is 9.52 Å². The fraction of sp³-hybridized carbons (Fsp3) is 0.375. The number of anilines is 1. The molecular formula is C16H17FN2O2S. The second-order valence-corrected chi connectivity index (χ2v) is 6.50. The molecule has 116 valence electrons. The second kappa shape index (κ2) is 6.54. The number of carbonyl (C=O) groups excluding carboxylic acids is 1. The number of amides is 1. The van der Waals surface area contributed by atoms with E-state index in [0.29, 0.717) is 23.7 Å². The highest BCUT2D eigenvalue weighted by Gasteiger charge is 2.24. The van der Waals surface area contributed by atoms with Crippen molar-refractivity contribution in [1.82, 2.24) is 4.98 Å². The van der Waals surface area contributed by atoms with Crippen LogP contribution in [-0.4, -0.2) is 23.6 Å². The van der Waals surface area contributed by atoms with E-state index in [1.54, 1.807) is 25.3 Å². The average Bonchev–Trinajstić information content (AvgIpc) is 3.15. The van der Waals surface area contributed by atoms with E-state index in [2.05, 4.69) is 10.3 Å². The van der Waals surface area contributed by atoms with Gasteiger partial charge in [-0.2, -0.15) is 0 Å². The maximum absolute atomic E-state index is 13.5. The lowest BCUT2D eigenvalue weighted by Crippen LogP contribution is -2.26. The first kappa shape index (κ1) is 15.1. The summed E-state index contributed by atoms with van der Waals surface area (Å²) in [6, 6.07) is 5.22. The van der Waals surface area contributed by atoms with Gasteiger partial charge in [-0.25, -0.2) is 9.37 Å². The maximum Gasteiger partial charge on any atom is 0.255 e. The third-order valence-electron chi connectivity index (χ3n) is 3.62. The van der Waals surface area contributed by atoms with Crippen LogP contribution in [0.15, 0.2) is 24.4 Å². The largest absolute Gasteiger partial charge is 0.368 e. The number of thiazole rings is 1. The number of carbonyl (C=O) groups is 1. The van der Waals surface area contributed by atoms with Gasteiger partial charge >= 0.3 is 0 Å². The number of nitrogens with one attached hydrogen (secondary N) is 1. The minimum Gasteiger partial charge on any atom is -0.368 e. The fourth-order valence-electron chi connectivity index (χ4n) is 2.36. The normalized spacial score (nSPS) is 17.6. The first-order valence-electron chi connectivity index (χ1n) is 7.24. The smallest absolute Gasteiger partial charge is 0.255 e. The minimum atomic E-state index is -0.362. The number of hydrogen-bond donors (Lipinski definition) is 1. The summed E-state index contributed by atoms with van der Waals surface area (Å²) >= 11 is 1.40. The number of benzene rings is 1. The number of aryl methyl sites for hydroxylation is 1. The summed E-state index contributed by atoms with van der Waals surface area (Å²) in [4.78, 5) is 17.1. The summed E-state index contributed by atoms with van der Waals surface area (Å²) in [7, 11) is 0. The molecule has 0 saturated carbocycles. The topological polar surface area (TPSA) is 51.2 Å². The highest BCUT2D eigenvalue weighted by atomic mass is 32.1. The molecule has 1 N–H and O–H groups in total. The third-order valence-corrected chi connectivity index (χ3v) is 4.53. The molecule has 0 bridgehead atoms. The molecule has 1 aromatic carbocycles. The van der Waals surface area contributed by atoms with Crippen LogP contribution in [-0.2, 0) is 16.0 Å². The van der Waals surface area contributed by atoms with Crippen molar-refractivity contribution in [2.24, 2.45) is 0 Å². The van der Waals surface area contributed by atoms with Gasteiger partial charge in [0.15, 0.2) is 5.13 Å². The SMILES string of the molecule is Cc1ccc(Cc2cnc(NC(=O)C3CCCO3)s2)cc1F. The van der Waals surface area contributed by atoms with Crippen molar-refractivity contribution in [3.05, 3.63) is 46.2 Å². The van der Waals surface area contributed by atoms with Crippen molar-refractivity contribution in [2.45, 2.75) is 32.3 Å². The molecule has 1 aliphatic heterocycles. The van der Waals surface area contributed by atoms with Gasteiger partial charge in [-0.15, -0.1) is 11.3 Å². The van der Waals surface area contributed by atoms with Gasteiger partial charge in [-0.1, -0.05) is 12.1 Å². The molecular weight excluding hydrogens is 303 g/mol. The first-order valence-corrected chi connectivity index (χ1v) is 8.05. The van der Waals surface area contributed by atoms with Gasteiger partial charge in [0.2, 0.25) is 0 Å². The summed E-state index contributed by atoms with van der Waals surface area (Å²) in [6.45, 7) is 2.38. The van der Waals surface area contributed by atoms with Crippen LogP contribution in [0, 0.1) is 12.7 Å². The Morgan fingerprint density at radius 3 is 3.14 bits per heavy atom. The summed E-state index contributed by atoms with van der Waals surface area (Å²) in [5.74, 6) is -0.339. The van der Waals surface area contributed by atoms with Crippen LogP contribution in [0.5, 0.6) is 0 Å². The van der Waals surface area contributed by atoms with E-state index >= 15 is 0 Å². The van der Waals surface area contributed by atoms with Crippen molar-refractivity contribution < 1.29 is 13.9 Å². The Kier molecular flexibility index (Phi) is 4.49. The Hall–Kier alpha value is -1.79. The highest BCUT2D eigenvalue weighted by Crippen LogP contribution is 2.23. The number of hydrogen-bond acceptors (Lipinski definition) is 4. The van der Waals surface area contributed by atoms with Crippen molar-refractivity contribution in [1.29, 1.82) is 0 Å². The van der Waals surface area contributed by atoms with Gasteiger partial charge in [0.25, 0.3) is 5.91 Å². The Morgan fingerprint density at radius 2 is 2.41 bits per heavy atom. The number of ether oxygens (including phenoxy) is 1. The number of halogens is 1. The molecule has 1 unspecified atom stereocenters. The zero-order valence-electron chi connectivity index (χ0n) is 12.3. The van der Waals surface area contributed by atoms with Crippen LogP contribution in [0.2, 0.25) is 0 Å². The first-order chi connectivity index (χ1) is 10.6. The lowest BCUT2D eigenvalue weighted by Gasteiger charge is -2.07. The number of rotatable bonds is 4. The molecule has 22 heavy (non-hydrogen) atoms. The van der Waals surface area contributed by atoms with Gasteiger partial charge in [0.1, 0.15) is 11.9 Å². The van der Waals surface area contributed by atoms with Gasteiger partial charge in [-0.3, -0.25) is 10.1 Å². The molecule has 0 radical (unpaired) electrons. The van der Waals surface area contributed by atoms with E-state index in [1.165, 1.54) is 11.3 Å². The van der Waals surface area contributed by atoms with Crippen molar-refractivity contribution in [3.8, 4) is 0 Å². The highest BCUT2D eigenvalue weighted by molar-refractivity contribution is 7.15. The molecule has 1 aliphatic rings. The van der Waals surface area contributed by atoms with Crippen LogP contribution < -0.4 is 5.32 Å². The van der Waals surface area contributed by atoms with Crippen molar-refractivity contribution >= 4 is 22.4 Å². The summed E-state index contributed by atoms with van der Waals surface area (Å²) in [6.07, 6.45) is 3.63. The standard InChI is InChI=1S/C16H17FN2O2S/c1-10-4-5-11(8-13(10)17)7-12-9-18-16(22-12)19-15(20)14-3-2-6-21-14/h4-5,8-9,14H,2-3,6-7H2,1H3,(H,18,19,20). The molecule has 2 heterocycles. The predicted molar refractivity (Wildman–Crippen MR) is 83.7 cm³/mol. The lowest BCUT2D eigenvalue weighted by atomic mass is 10.1. The molecule has 6 heteroatoms. The Bertz CT molecular complexity index is 681. The Morgan fingerprint density at radius 1 is 1.55 bits per heavy atom. The molecule has 0 aliphatic carbocycles. The quantitative estimate of drug-likeness (QED) is 0.940. The molecule has 0 spiro atoms. The maximum atomic E-state index is 13.5. The summed E-state index contributed by atoms with van der Waals surface area (Å²) in [5.41, 5.74) is 1.53. The van der Waals surface area contributed by atoms with Crippen molar-refractivity contribution in [2.75, 3.05) is 11.9 Å². The second-order valence-electron chi connectivity index (χ2n) is 5.38. The number of nitrogens with zero attached hydrogens (tertiary/aromatic N) is 1. The summed E-state index contributed by atoms with van der Waals surface area (Å²) in [5, 5.41) is 3.34. The van der Waals surface area contributed by atoms with E-state index in [1.807, 2.05) is 6.07 Å². The molecule has 3 rings (SSSR count). The van der Waals surface area contributed by atoms with Crippen LogP contribution in [0.3, 0.4) is 0 Å². The van der Waals surface area contributed by atoms with Crippen LogP contribution in [0.1, 0.15) is 28.8 Å². The van der Waals surface area contributed by atoms with Crippen molar-refractivity contribution in [3.63, 3.8) is 0 Å². The average molecular weight is 320 g/mol. The molecule has 1 saturated heterocycles. The van der Waals surface area contributed by atoms with E-state index in [-0.39, 0.29) is 17.8 Å². The predicted octanol–water partition coefficient (Wildman–Crippen LogP) is 3.30. The molecule has 2 aromatic rings. The van der Waals surface area contributed by atoms with Crippen LogP contribution in [0.25, 0.3) is 0 Å². The molecule has 1 aromatic heterocycles. The van der Waals surface area contributed by atoms with Gasteiger partial charge in [0, 0.05) is 24.1 Å². The van der Waals surface area contributed by atoms with E-state index in [9.17, 15) is 9.18 Å². The Balaban J connectivity index is 1.63. The number of aromatic nitrogens is 1. The van der Waals surface area contributed by atoms with Crippen LogP contribution >= 0.6 is 11.3 Å². The van der Waals surface area contributed by atoms with Gasteiger partial charge < -0.3 is 4.74 Å². The third kappa shape index (κ3) is 3.51. The fourth-order valence-corrected chi connectivity index (χ4v) is 3.21. The molecule has 1 atom stereocenters. The van der Waals surface area contributed by atoms with E-state index in [4.69, 9.17) is 4.74 Å². The van der Waals surface area contributed by atoms with E-state index < -0.39 is 0 Å². The van der Waals surface area contributed by atoms with Gasteiger partial charge in [-0.05, 0) is 37.0 Å². The molecule has 4 nitrogen and oxygen atoms in total. The Labute approximate surface area is 132 Å². The molecule has 1 amide bonds. The monoisotopic (exact) mass is 320 g/mol. The van der Waals surface area contributed by atoms with Gasteiger partial charge in [0.05, 0.1) is 0 Å². The molecule has 1 fully saturated rings. The zero-order valence-corrected chi connectivity index (χ0v) is 13.1. The summed E-state index contributed by atoms with van der Waals surface area (Å²) < 4.78 is 18.9. The van der Waals surface area contributed by atoms with E-state index in [0.717, 1.165) is 23.3 Å². The zero-order chi connectivity index (χ0) is 15.5. The lowest BCUT2D eigenvalue weighted by molar-refractivity contribution is -0.124.